The third-order valence-electron chi connectivity index (χ3n) is 2.77. The number of pyridine rings is 1. The third kappa shape index (κ3) is 3.07. The van der Waals surface area contributed by atoms with E-state index in [-0.39, 0.29) is 11.2 Å². The normalized spacial score (nSPS) is 11.6. The van der Waals surface area contributed by atoms with Crippen molar-refractivity contribution in [3.63, 3.8) is 0 Å². The second kappa shape index (κ2) is 5.21. The molecule has 0 saturated heterocycles. The molecule has 2 rings (SSSR count). The molecule has 0 amide bonds. The molecule has 2 nitrogen and oxygen atoms in total. The first-order valence-corrected chi connectivity index (χ1v) is 6.57. The maximum absolute atomic E-state index is 13.4. The fourth-order valence-corrected chi connectivity index (χ4v) is 2.48. The van der Waals surface area contributed by atoms with Crippen LogP contribution in [0.1, 0.15) is 18.7 Å². The van der Waals surface area contributed by atoms with Crippen molar-refractivity contribution in [3.8, 4) is 0 Å². The lowest BCUT2D eigenvalue weighted by Crippen LogP contribution is -2.27. The maximum atomic E-state index is 13.4. The van der Waals surface area contributed by atoms with Gasteiger partial charge in [-0.05, 0) is 11.4 Å². The predicted molar refractivity (Wildman–Crippen MR) is 69.9 cm³/mol. The number of aromatic nitrogens is 1. The Morgan fingerprint density at radius 3 is 2.63 bits per heavy atom. The highest BCUT2D eigenvalue weighted by molar-refractivity contribution is 7.10. The van der Waals surface area contributed by atoms with Crippen LogP contribution in [0.2, 0.25) is 0 Å². The Morgan fingerprint density at radius 1 is 1.26 bits per heavy atom. The smallest absolute Gasteiger partial charge is 0.251 e. The fraction of sp³-hybridized carbons (Fsp3) is 0.308. The molecule has 0 radical (unpaired) electrons. The summed E-state index contributed by atoms with van der Waals surface area (Å²) in [6, 6.07) is 4.39. The zero-order valence-corrected chi connectivity index (χ0v) is 11.3. The maximum Gasteiger partial charge on any atom is 0.251 e. The molecule has 0 unspecified atom stereocenters. The summed E-state index contributed by atoms with van der Waals surface area (Å²) >= 11 is 1.59. The van der Waals surface area contributed by atoms with E-state index >= 15 is 0 Å². The number of halogens is 3. The Labute approximate surface area is 113 Å². The van der Waals surface area contributed by atoms with Gasteiger partial charge in [-0.3, -0.25) is 0 Å². The number of hydrogen-bond acceptors (Lipinski definition) is 3. The number of rotatable bonds is 4. The topological polar surface area (TPSA) is 24.9 Å². The van der Waals surface area contributed by atoms with Gasteiger partial charge in [-0.2, -0.15) is 9.37 Å². The lowest BCUT2D eigenvalue weighted by molar-refractivity contribution is 0.465. The SMILES string of the molecule is CC(C)(CNc1nc(F)c(F)cc1F)c1cccs1. The van der Waals surface area contributed by atoms with Crippen molar-refractivity contribution in [2.45, 2.75) is 19.3 Å². The lowest BCUT2D eigenvalue weighted by atomic mass is 9.91. The Balaban J connectivity index is 2.13. The van der Waals surface area contributed by atoms with Gasteiger partial charge in [-0.15, -0.1) is 11.3 Å². The summed E-state index contributed by atoms with van der Waals surface area (Å²) < 4.78 is 39.1. The second-order valence-electron chi connectivity index (χ2n) is 4.81. The van der Waals surface area contributed by atoms with Crippen LogP contribution in [0.3, 0.4) is 0 Å². The summed E-state index contributed by atoms with van der Waals surface area (Å²) in [6.07, 6.45) is 0. The van der Waals surface area contributed by atoms with Crippen LogP contribution in [-0.2, 0) is 5.41 Å². The van der Waals surface area contributed by atoms with Crippen molar-refractivity contribution in [1.82, 2.24) is 4.98 Å². The Morgan fingerprint density at radius 2 is 2.00 bits per heavy atom. The van der Waals surface area contributed by atoms with Crippen LogP contribution < -0.4 is 5.32 Å². The van der Waals surface area contributed by atoms with Gasteiger partial charge in [-0.1, -0.05) is 19.9 Å². The van der Waals surface area contributed by atoms with Crippen molar-refractivity contribution >= 4 is 17.2 Å². The average Bonchev–Trinajstić information content (AvgIpc) is 2.86. The minimum absolute atomic E-state index is 0.257. The summed E-state index contributed by atoms with van der Waals surface area (Å²) in [6.45, 7) is 4.32. The lowest BCUT2D eigenvalue weighted by Gasteiger charge is -2.24. The van der Waals surface area contributed by atoms with E-state index in [1.165, 1.54) is 0 Å². The summed E-state index contributed by atoms with van der Waals surface area (Å²) in [5.41, 5.74) is -0.257. The summed E-state index contributed by atoms with van der Waals surface area (Å²) in [5, 5.41) is 4.68. The molecule has 0 saturated carbocycles. The largest absolute Gasteiger partial charge is 0.367 e. The molecule has 0 aliphatic carbocycles. The monoisotopic (exact) mass is 286 g/mol. The molecule has 2 aromatic rings. The minimum atomic E-state index is -1.31. The highest BCUT2D eigenvalue weighted by atomic mass is 32.1. The van der Waals surface area contributed by atoms with Crippen LogP contribution in [0.15, 0.2) is 23.6 Å². The van der Waals surface area contributed by atoms with Gasteiger partial charge in [0, 0.05) is 22.9 Å². The molecule has 1 N–H and O–H groups in total. The summed E-state index contributed by atoms with van der Waals surface area (Å²) in [7, 11) is 0. The van der Waals surface area contributed by atoms with Crippen LogP contribution in [0.25, 0.3) is 0 Å². The van der Waals surface area contributed by atoms with Crippen LogP contribution >= 0.6 is 11.3 Å². The second-order valence-corrected chi connectivity index (χ2v) is 5.75. The van der Waals surface area contributed by atoms with Crippen molar-refractivity contribution in [1.29, 1.82) is 0 Å². The quantitative estimate of drug-likeness (QED) is 0.861. The molecule has 0 aliphatic rings. The molecule has 102 valence electrons. The molecular formula is C13H13F3N2S. The van der Waals surface area contributed by atoms with E-state index in [0.717, 1.165) is 4.88 Å². The molecular weight excluding hydrogens is 273 g/mol. The standard InChI is InChI=1S/C13H13F3N2S/c1-13(2,10-4-3-5-19-10)7-17-12-9(15)6-8(14)11(16)18-12/h3-6H,7H2,1-2H3,(H,17,18). The molecule has 0 aliphatic heterocycles. The van der Waals surface area contributed by atoms with Crippen molar-refractivity contribution in [2.75, 3.05) is 11.9 Å². The molecule has 0 bridgehead atoms. The van der Waals surface area contributed by atoms with Crippen LogP contribution in [0.5, 0.6) is 0 Å². The minimum Gasteiger partial charge on any atom is -0.367 e. The molecule has 6 heteroatoms. The van der Waals surface area contributed by atoms with E-state index in [0.29, 0.717) is 12.6 Å². The fourth-order valence-electron chi connectivity index (χ4n) is 1.62. The molecule has 19 heavy (non-hydrogen) atoms. The van der Waals surface area contributed by atoms with Crippen LogP contribution in [-0.4, -0.2) is 11.5 Å². The number of nitrogens with one attached hydrogen (secondary N) is 1. The van der Waals surface area contributed by atoms with Crippen LogP contribution in [0, 0.1) is 17.6 Å². The first-order valence-electron chi connectivity index (χ1n) is 5.69. The molecule has 0 atom stereocenters. The highest BCUT2D eigenvalue weighted by Crippen LogP contribution is 2.28. The van der Waals surface area contributed by atoms with Gasteiger partial charge in [0.2, 0.25) is 0 Å². The molecule has 0 fully saturated rings. The first-order chi connectivity index (χ1) is 8.90. The number of anilines is 1. The van der Waals surface area contributed by atoms with Crippen molar-refractivity contribution < 1.29 is 13.2 Å². The van der Waals surface area contributed by atoms with Gasteiger partial charge in [0.05, 0.1) is 0 Å². The van der Waals surface area contributed by atoms with Gasteiger partial charge in [0.1, 0.15) is 0 Å². The third-order valence-corrected chi connectivity index (χ3v) is 4.01. The summed E-state index contributed by atoms with van der Waals surface area (Å²) in [4.78, 5) is 4.35. The van der Waals surface area contributed by atoms with Gasteiger partial charge in [-0.25, -0.2) is 8.78 Å². The van der Waals surface area contributed by atoms with Gasteiger partial charge >= 0.3 is 0 Å². The van der Waals surface area contributed by atoms with Crippen LogP contribution in [0.4, 0.5) is 19.0 Å². The van der Waals surface area contributed by atoms with E-state index < -0.39 is 17.6 Å². The van der Waals surface area contributed by atoms with E-state index in [9.17, 15) is 13.2 Å². The molecule has 0 spiro atoms. The molecule has 2 aromatic heterocycles. The van der Waals surface area contributed by atoms with Gasteiger partial charge < -0.3 is 5.32 Å². The van der Waals surface area contributed by atoms with E-state index in [1.54, 1.807) is 11.3 Å². The van der Waals surface area contributed by atoms with Crippen molar-refractivity contribution in [3.05, 3.63) is 46.0 Å². The van der Waals surface area contributed by atoms with Crippen molar-refractivity contribution in [2.24, 2.45) is 0 Å². The number of hydrogen-bond donors (Lipinski definition) is 1. The molecule has 0 aromatic carbocycles. The number of nitrogens with zero attached hydrogens (tertiary/aromatic N) is 1. The number of thiophene rings is 1. The average molecular weight is 286 g/mol. The zero-order valence-electron chi connectivity index (χ0n) is 10.5. The first kappa shape index (κ1) is 13.9. The van der Waals surface area contributed by atoms with Gasteiger partial charge in [0.15, 0.2) is 17.5 Å². The molecule has 2 heterocycles. The van der Waals surface area contributed by atoms with E-state index in [2.05, 4.69) is 10.3 Å². The van der Waals surface area contributed by atoms with Gasteiger partial charge in [0.25, 0.3) is 5.95 Å². The van der Waals surface area contributed by atoms with E-state index in [4.69, 9.17) is 0 Å². The predicted octanol–water partition coefficient (Wildman–Crippen LogP) is 3.95. The Kier molecular flexibility index (Phi) is 3.80. The Bertz CT molecular complexity index is 568. The Hall–Kier alpha value is -1.56. The van der Waals surface area contributed by atoms with E-state index in [1.807, 2.05) is 31.4 Å². The highest BCUT2D eigenvalue weighted by Gasteiger charge is 2.22. The summed E-state index contributed by atoms with van der Waals surface area (Å²) in [5.74, 6) is -3.78. The zero-order chi connectivity index (χ0) is 14.0.